The van der Waals surface area contributed by atoms with Crippen LogP contribution < -0.4 is 5.32 Å². The van der Waals surface area contributed by atoms with Crippen molar-refractivity contribution in [3.63, 3.8) is 0 Å². The number of anilines is 1. The van der Waals surface area contributed by atoms with E-state index in [-0.39, 0.29) is 21.3 Å². The second kappa shape index (κ2) is 8.81. The van der Waals surface area contributed by atoms with Crippen LogP contribution >= 0.6 is 0 Å². The lowest BCUT2D eigenvalue weighted by molar-refractivity contribution is 0.102. The fourth-order valence-corrected chi connectivity index (χ4v) is 5.09. The van der Waals surface area contributed by atoms with E-state index >= 15 is 0 Å². The predicted octanol–water partition coefficient (Wildman–Crippen LogP) is 3.71. The fourth-order valence-electron chi connectivity index (χ4n) is 2.85. The van der Waals surface area contributed by atoms with Crippen LogP contribution in [0.5, 0.6) is 0 Å². The summed E-state index contributed by atoms with van der Waals surface area (Å²) >= 11 is 0. The molecular formula is C22H21NO5S2. The summed E-state index contributed by atoms with van der Waals surface area (Å²) in [6.07, 6.45) is 0. The predicted molar refractivity (Wildman–Crippen MR) is 116 cm³/mol. The lowest BCUT2D eigenvalue weighted by Crippen LogP contribution is -2.13. The van der Waals surface area contributed by atoms with E-state index in [4.69, 9.17) is 0 Å². The molecule has 6 nitrogen and oxygen atoms in total. The highest BCUT2D eigenvalue weighted by Crippen LogP contribution is 2.19. The van der Waals surface area contributed by atoms with Gasteiger partial charge in [0.1, 0.15) is 0 Å². The number of carbonyl (C=O) groups excluding carboxylic acids is 1. The molecule has 0 heterocycles. The van der Waals surface area contributed by atoms with Crippen molar-refractivity contribution in [3.8, 4) is 0 Å². The number of amides is 1. The van der Waals surface area contributed by atoms with Crippen LogP contribution in [0.4, 0.5) is 5.69 Å². The van der Waals surface area contributed by atoms with Gasteiger partial charge >= 0.3 is 0 Å². The highest BCUT2D eigenvalue weighted by molar-refractivity contribution is 7.91. The molecule has 0 fully saturated rings. The van der Waals surface area contributed by atoms with Gasteiger partial charge < -0.3 is 5.32 Å². The van der Waals surface area contributed by atoms with Crippen LogP contribution in [0.15, 0.2) is 88.7 Å². The van der Waals surface area contributed by atoms with E-state index in [0.29, 0.717) is 16.8 Å². The van der Waals surface area contributed by atoms with Crippen molar-refractivity contribution in [2.45, 2.75) is 22.5 Å². The van der Waals surface area contributed by atoms with Gasteiger partial charge in [0, 0.05) is 11.3 Å². The lowest BCUT2D eigenvalue weighted by Gasteiger charge is -2.09. The quantitative estimate of drug-likeness (QED) is 0.600. The summed E-state index contributed by atoms with van der Waals surface area (Å²) in [5, 5.41) is 2.69. The standard InChI is InChI=1S/C22H21NO5S2/c1-2-29(25,26)21-13-11-19(12-14-21)23-22(24)18-8-6-7-17(15-18)16-30(27,28)20-9-4-3-5-10-20/h3-15H,2,16H2,1H3,(H,23,24). The fraction of sp³-hybridized carbons (Fsp3) is 0.136. The number of rotatable bonds is 7. The number of hydrogen-bond acceptors (Lipinski definition) is 5. The largest absolute Gasteiger partial charge is 0.322 e. The molecule has 0 aromatic heterocycles. The Kier molecular flexibility index (Phi) is 6.38. The van der Waals surface area contributed by atoms with E-state index in [2.05, 4.69) is 5.32 Å². The van der Waals surface area contributed by atoms with Gasteiger partial charge in [-0.05, 0) is 54.1 Å². The lowest BCUT2D eigenvalue weighted by atomic mass is 10.1. The minimum Gasteiger partial charge on any atom is -0.322 e. The monoisotopic (exact) mass is 443 g/mol. The first-order valence-corrected chi connectivity index (χ1v) is 12.5. The van der Waals surface area contributed by atoms with Crippen molar-refractivity contribution >= 4 is 31.3 Å². The Labute approximate surface area is 176 Å². The molecule has 3 aromatic rings. The molecule has 0 bridgehead atoms. The van der Waals surface area contributed by atoms with Gasteiger partial charge in [-0.1, -0.05) is 37.3 Å². The number of sulfone groups is 2. The maximum Gasteiger partial charge on any atom is 0.255 e. The Morgan fingerprint density at radius 2 is 1.40 bits per heavy atom. The third kappa shape index (κ3) is 5.14. The Hall–Kier alpha value is -2.97. The third-order valence-electron chi connectivity index (χ3n) is 4.50. The Morgan fingerprint density at radius 3 is 2.03 bits per heavy atom. The summed E-state index contributed by atoms with van der Waals surface area (Å²) in [5.74, 6) is -0.640. The molecule has 1 amide bonds. The molecular weight excluding hydrogens is 422 g/mol. The number of nitrogens with one attached hydrogen (secondary N) is 1. The second-order valence-electron chi connectivity index (χ2n) is 6.65. The minimum atomic E-state index is -3.52. The zero-order valence-electron chi connectivity index (χ0n) is 16.3. The Morgan fingerprint density at radius 1 is 0.767 bits per heavy atom. The molecule has 0 spiro atoms. The summed E-state index contributed by atoms with van der Waals surface area (Å²) in [4.78, 5) is 13.0. The van der Waals surface area contributed by atoms with Gasteiger partial charge in [-0.15, -0.1) is 0 Å². The van der Waals surface area contributed by atoms with Crippen LogP contribution in [0.3, 0.4) is 0 Å². The molecule has 0 aliphatic heterocycles. The molecule has 1 N–H and O–H groups in total. The molecule has 0 saturated carbocycles. The summed E-state index contributed by atoms with van der Waals surface area (Å²) in [6.45, 7) is 1.57. The number of carbonyl (C=O) groups is 1. The number of benzene rings is 3. The zero-order valence-corrected chi connectivity index (χ0v) is 17.9. The van der Waals surface area contributed by atoms with Crippen LogP contribution in [0, 0.1) is 0 Å². The first-order chi connectivity index (χ1) is 14.2. The van der Waals surface area contributed by atoms with E-state index in [1.807, 2.05) is 0 Å². The van der Waals surface area contributed by atoms with Gasteiger partial charge in [0.2, 0.25) is 0 Å². The van der Waals surface area contributed by atoms with Crippen molar-refractivity contribution in [2.24, 2.45) is 0 Å². The molecule has 8 heteroatoms. The van der Waals surface area contributed by atoms with Crippen molar-refractivity contribution in [1.29, 1.82) is 0 Å². The minimum absolute atomic E-state index is 0.00259. The first kappa shape index (κ1) is 21.7. The maximum absolute atomic E-state index is 12.6. The van der Waals surface area contributed by atoms with Crippen LogP contribution in [0.25, 0.3) is 0 Å². The summed E-state index contributed by atoms with van der Waals surface area (Å²) in [6, 6.07) is 20.5. The van der Waals surface area contributed by atoms with Gasteiger partial charge in [-0.25, -0.2) is 16.8 Å². The SMILES string of the molecule is CCS(=O)(=O)c1ccc(NC(=O)c2cccc(CS(=O)(=O)c3ccccc3)c2)cc1. The highest BCUT2D eigenvalue weighted by Gasteiger charge is 2.16. The van der Waals surface area contributed by atoms with Crippen LogP contribution in [0.1, 0.15) is 22.8 Å². The molecule has 0 aliphatic carbocycles. The van der Waals surface area contributed by atoms with E-state index in [1.165, 1.54) is 42.5 Å². The van der Waals surface area contributed by atoms with Gasteiger partial charge in [-0.2, -0.15) is 0 Å². The zero-order chi connectivity index (χ0) is 21.8. The molecule has 0 radical (unpaired) electrons. The molecule has 3 rings (SSSR count). The number of hydrogen-bond donors (Lipinski definition) is 1. The maximum atomic E-state index is 12.6. The molecule has 0 aliphatic rings. The van der Waals surface area contributed by atoms with Gasteiger partial charge in [-0.3, -0.25) is 4.79 Å². The van der Waals surface area contributed by atoms with Crippen molar-refractivity contribution < 1.29 is 21.6 Å². The average molecular weight is 444 g/mol. The molecule has 0 saturated heterocycles. The second-order valence-corrected chi connectivity index (χ2v) is 10.9. The van der Waals surface area contributed by atoms with Crippen LogP contribution in [0.2, 0.25) is 0 Å². The average Bonchev–Trinajstić information content (AvgIpc) is 2.74. The highest BCUT2D eigenvalue weighted by atomic mass is 32.2. The van der Waals surface area contributed by atoms with E-state index in [1.54, 1.807) is 43.3 Å². The van der Waals surface area contributed by atoms with Gasteiger partial charge in [0.15, 0.2) is 19.7 Å². The summed E-state index contributed by atoms with van der Waals surface area (Å²) < 4.78 is 48.9. The van der Waals surface area contributed by atoms with Crippen molar-refractivity contribution in [2.75, 3.05) is 11.1 Å². The molecule has 30 heavy (non-hydrogen) atoms. The van der Waals surface area contributed by atoms with E-state index in [9.17, 15) is 21.6 Å². The summed E-state index contributed by atoms with van der Waals surface area (Å²) in [7, 11) is -6.84. The van der Waals surface area contributed by atoms with E-state index < -0.39 is 25.6 Å². The Balaban J connectivity index is 1.75. The van der Waals surface area contributed by atoms with E-state index in [0.717, 1.165) is 0 Å². The normalized spacial score (nSPS) is 11.8. The first-order valence-electron chi connectivity index (χ1n) is 9.22. The third-order valence-corrected chi connectivity index (χ3v) is 7.95. The van der Waals surface area contributed by atoms with Crippen molar-refractivity contribution in [3.05, 3.63) is 90.0 Å². The smallest absolute Gasteiger partial charge is 0.255 e. The molecule has 0 atom stereocenters. The van der Waals surface area contributed by atoms with Crippen molar-refractivity contribution in [1.82, 2.24) is 0 Å². The van der Waals surface area contributed by atoms with Gasteiger partial charge in [0.05, 0.1) is 21.3 Å². The van der Waals surface area contributed by atoms with Crippen LogP contribution in [-0.2, 0) is 25.4 Å². The molecule has 3 aromatic carbocycles. The van der Waals surface area contributed by atoms with Crippen LogP contribution in [-0.4, -0.2) is 28.5 Å². The Bertz CT molecular complexity index is 1250. The topological polar surface area (TPSA) is 97.4 Å². The molecule has 156 valence electrons. The summed E-state index contributed by atoms with van der Waals surface area (Å²) in [5.41, 5.74) is 1.24. The van der Waals surface area contributed by atoms with Gasteiger partial charge in [0.25, 0.3) is 5.91 Å². The molecule has 0 unspecified atom stereocenters.